The molecule has 0 atom stereocenters. The minimum Gasteiger partial charge on any atom is -0.330 e. The molecule has 1 nitrogen and oxygen atoms in total. The van der Waals surface area contributed by atoms with E-state index in [4.69, 9.17) is 0 Å². The molecule has 0 N–H and O–H groups in total. The zero-order valence-electron chi connectivity index (χ0n) is 11.5. The third kappa shape index (κ3) is 5.51. The molecular formula is C16H24NY-. The molecule has 1 aromatic carbocycles. The van der Waals surface area contributed by atoms with Crippen molar-refractivity contribution in [1.82, 2.24) is 4.90 Å². The van der Waals surface area contributed by atoms with Crippen LogP contribution in [0.15, 0.2) is 30.3 Å². The molecule has 1 saturated heterocycles. The van der Waals surface area contributed by atoms with Crippen molar-refractivity contribution in [3.8, 4) is 0 Å². The van der Waals surface area contributed by atoms with Gasteiger partial charge in [0.05, 0.1) is 0 Å². The number of hydrogen-bond acceptors (Lipinski definition) is 1. The maximum Gasteiger partial charge on any atom is 0 e. The van der Waals surface area contributed by atoms with Crippen LogP contribution in [0.25, 0.3) is 0 Å². The molecule has 1 heterocycles. The molecule has 1 aromatic rings. The molecule has 18 heavy (non-hydrogen) atoms. The van der Waals surface area contributed by atoms with Crippen LogP contribution in [0, 0.1) is 12.3 Å². The van der Waals surface area contributed by atoms with E-state index in [2.05, 4.69) is 48.6 Å². The number of likely N-dealkylation sites (tertiary alicyclic amines) is 1. The van der Waals surface area contributed by atoms with Gasteiger partial charge in [0.1, 0.15) is 0 Å². The summed E-state index contributed by atoms with van der Waals surface area (Å²) in [5.41, 5.74) is 1.51. The minimum absolute atomic E-state index is 0. The standard InChI is InChI=1S/C16H24N.Y/c1-2-3-11-17-12-9-16(10-13-17)14-15-7-5-4-6-8-15;/h2,4-8,16H,3,9-14H2,1H3;/q-1;. The predicted molar refractivity (Wildman–Crippen MR) is 73.9 cm³/mol. The second-order valence-corrected chi connectivity index (χ2v) is 5.17. The molecule has 0 unspecified atom stereocenters. The Balaban J connectivity index is 0.00000162. The van der Waals surface area contributed by atoms with Gasteiger partial charge in [-0.2, -0.15) is 13.3 Å². The summed E-state index contributed by atoms with van der Waals surface area (Å²) in [6.45, 7) is 6.01. The Hall–Kier alpha value is 0.284. The molecule has 0 spiro atoms. The summed E-state index contributed by atoms with van der Waals surface area (Å²) in [6, 6.07) is 10.9. The molecule has 0 amide bonds. The topological polar surface area (TPSA) is 3.24 Å². The first-order valence-electron chi connectivity index (χ1n) is 6.92. The van der Waals surface area contributed by atoms with Gasteiger partial charge in [-0.1, -0.05) is 30.3 Å². The number of nitrogens with zero attached hydrogens (tertiary/aromatic N) is 1. The molecule has 2 heteroatoms. The van der Waals surface area contributed by atoms with Crippen LogP contribution in [-0.2, 0) is 39.1 Å². The van der Waals surface area contributed by atoms with E-state index in [0.29, 0.717) is 0 Å². The second-order valence-electron chi connectivity index (χ2n) is 5.17. The molecule has 2 rings (SSSR count). The Morgan fingerprint density at radius 1 is 1.17 bits per heavy atom. The van der Waals surface area contributed by atoms with Gasteiger partial charge in [-0.15, -0.1) is 0 Å². The number of piperidine rings is 1. The summed E-state index contributed by atoms with van der Waals surface area (Å²) in [7, 11) is 0. The van der Waals surface area contributed by atoms with Crippen LogP contribution in [0.2, 0.25) is 0 Å². The fourth-order valence-electron chi connectivity index (χ4n) is 2.67. The maximum atomic E-state index is 2.61. The molecule has 0 aromatic heterocycles. The van der Waals surface area contributed by atoms with Crippen molar-refractivity contribution in [2.24, 2.45) is 5.92 Å². The van der Waals surface area contributed by atoms with Crippen LogP contribution in [-0.4, -0.2) is 24.5 Å². The van der Waals surface area contributed by atoms with Crippen LogP contribution < -0.4 is 0 Å². The van der Waals surface area contributed by atoms with Crippen molar-refractivity contribution < 1.29 is 32.7 Å². The summed E-state index contributed by atoms with van der Waals surface area (Å²) in [6.07, 6.45) is 7.53. The van der Waals surface area contributed by atoms with Gasteiger partial charge in [-0.25, -0.2) is 0 Å². The minimum atomic E-state index is 0. The number of rotatable bonds is 5. The second kappa shape index (κ2) is 9.23. The summed E-state index contributed by atoms with van der Waals surface area (Å²) in [5, 5.41) is 0. The van der Waals surface area contributed by atoms with Gasteiger partial charge < -0.3 is 11.3 Å². The normalized spacial score (nSPS) is 17.4. The predicted octanol–water partition coefficient (Wildman–Crippen LogP) is 3.55. The quantitative estimate of drug-likeness (QED) is 0.750. The van der Waals surface area contributed by atoms with E-state index in [0.717, 1.165) is 5.92 Å². The van der Waals surface area contributed by atoms with Crippen molar-refractivity contribution >= 4 is 0 Å². The van der Waals surface area contributed by atoms with Gasteiger partial charge in [0.25, 0.3) is 0 Å². The van der Waals surface area contributed by atoms with E-state index in [1.165, 1.54) is 50.9 Å². The van der Waals surface area contributed by atoms with Gasteiger partial charge in [-0.05, 0) is 50.4 Å². The average Bonchev–Trinajstić information content (AvgIpc) is 2.39. The van der Waals surface area contributed by atoms with Crippen molar-refractivity contribution in [2.75, 3.05) is 19.6 Å². The van der Waals surface area contributed by atoms with Crippen molar-refractivity contribution in [1.29, 1.82) is 0 Å². The van der Waals surface area contributed by atoms with E-state index >= 15 is 0 Å². The first-order chi connectivity index (χ1) is 8.38. The van der Waals surface area contributed by atoms with Crippen molar-refractivity contribution in [3.05, 3.63) is 42.3 Å². The van der Waals surface area contributed by atoms with E-state index in [-0.39, 0.29) is 32.7 Å². The number of hydrogen-bond donors (Lipinski definition) is 0. The fraction of sp³-hybridized carbons (Fsp3) is 0.562. The zero-order valence-corrected chi connectivity index (χ0v) is 14.4. The molecule has 0 bridgehead atoms. The fourth-order valence-corrected chi connectivity index (χ4v) is 2.67. The molecule has 0 saturated carbocycles. The van der Waals surface area contributed by atoms with Crippen LogP contribution in [0.3, 0.4) is 0 Å². The molecule has 1 fully saturated rings. The first-order valence-corrected chi connectivity index (χ1v) is 6.92. The molecule has 1 radical (unpaired) electrons. The van der Waals surface area contributed by atoms with Crippen molar-refractivity contribution in [2.45, 2.75) is 32.6 Å². The summed E-state index contributed by atoms with van der Waals surface area (Å²) in [4.78, 5) is 2.61. The third-order valence-corrected chi connectivity index (χ3v) is 3.81. The van der Waals surface area contributed by atoms with Gasteiger partial charge in [-0.3, -0.25) is 0 Å². The molecule has 97 valence electrons. The largest absolute Gasteiger partial charge is 0.330 e. The van der Waals surface area contributed by atoms with Gasteiger partial charge >= 0.3 is 0 Å². The number of unbranched alkanes of at least 4 members (excludes halogenated alkanes) is 1. The zero-order chi connectivity index (χ0) is 11.9. The Morgan fingerprint density at radius 3 is 2.44 bits per heavy atom. The van der Waals surface area contributed by atoms with Gasteiger partial charge in [0.15, 0.2) is 0 Å². The summed E-state index contributed by atoms with van der Waals surface area (Å²) in [5.74, 6) is 0.902. The molecule has 1 aliphatic heterocycles. The molecular weight excluding hydrogens is 295 g/mol. The van der Waals surface area contributed by atoms with Crippen molar-refractivity contribution in [3.63, 3.8) is 0 Å². The van der Waals surface area contributed by atoms with Crippen LogP contribution >= 0.6 is 0 Å². The number of benzene rings is 1. The Kier molecular flexibility index (Phi) is 8.38. The Morgan fingerprint density at radius 2 is 1.83 bits per heavy atom. The van der Waals surface area contributed by atoms with Gasteiger partial charge in [0.2, 0.25) is 0 Å². The molecule has 1 aliphatic rings. The van der Waals surface area contributed by atoms with Gasteiger partial charge in [0, 0.05) is 32.7 Å². The van der Waals surface area contributed by atoms with Crippen LogP contribution in [0.4, 0.5) is 0 Å². The smallest absolute Gasteiger partial charge is 0 e. The summed E-state index contributed by atoms with van der Waals surface area (Å²) < 4.78 is 0. The van der Waals surface area contributed by atoms with Crippen LogP contribution in [0.1, 0.15) is 31.7 Å². The SMILES string of the molecule is C[CH-]CCN1CCC(Cc2ccccc2)CC1.[Y]. The monoisotopic (exact) mass is 319 g/mol. The van der Waals surface area contributed by atoms with E-state index < -0.39 is 0 Å². The Bertz CT molecular complexity index is 304. The maximum absolute atomic E-state index is 2.61. The Labute approximate surface area is 137 Å². The van der Waals surface area contributed by atoms with E-state index in [1.807, 2.05) is 0 Å². The van der Waals surface area contributed by atoms with Crippen LogP contribution in [0.5, 0.6) is 0 Å². The third-order valence-electron chi connectivity index (χ3n) is 3.81. The average molecular weight is 319 g/mol. The molecule has 0 aliphatic carbocycles. The van der Waals surface area contributed by atoms with E-state index in [1.54, 1.807) is 0 Å². The van der Waals surface area contributed by atoms with E-state index in [9.17, 15) is 0 Å². The summed E-state index contributed by atoms with van der Waals surface area (Å²) >= 11 is 0. The first kappa shape index (κ1) is 16.3.